The number of halogens is 2. The number of carbonyl (C=O) groups excluding carboxylic acids is 1. The van der Waals surface area contributed by atoms with Crippen LogP contribution in [0, 0.1) is 11.3 Å². The Hall–Kier alpha value is -1.65. The van der Waals surface area contributed by atoms with Crippen LogP contribution in [0.5, 0.6) is 5.75 Å². The molecule has 3 atom stereocenters. The maximum atomic E-state index is 13.0. The van der Waals surface area contributed by atoms with E-state index in [1.807, 2.05) is 6.07 Å². The summed E-state index contributed by atoms with van der Waals surface area (Å²) < 4.78 is 23.6. The highest BCUT2D eigenvalue weighted by atomic mass is 79.9. The van der Waals surface area contributed by atoms with Gasteiger partial charge in [-0.2, -0.15) is 5.26 Å². The first-order chi connectivity index (χ1) is 9.76. The number of nitriles is 1. The smallest absolute Gasteiger partial charge is 0.352 e. The number of aliphatic hydroxyl groups excluding tert-OH is 1. The van der Waals surface area contributed by atoms with Gasteiger partial charge in [0.05, 0.1) is 11.6 Å². The predicted molar refractivity (Wildman–Crippen MR) is 74.5 cm³/mol. The molecule has 1 heterocycles. The lowest BCUT2D eigenvalue weighted by atomic mass is 9.88. The SMILES string of the molecule is CC1(C)Oc2ccc(C#N)cc2[C@@H](OC(=O)[C@@H](F)Br)[C@@H]1O. The van der Waals surface area contributed by atoms with Gasteiger partial charge in [0.2, 0.25) is 0 Å². The van der Waals surface area contributed by atoms with Crippen LogP contribution in [0.2, 0.25) is 0 Å². The highest BCUT2D eigenvalue weighted by Crippen LogP contribution is 2.42. The van der Waals surface area contributed by atoms with Crippen LogP contribution < -0.4 is 4.74 Å². The van der Waals surface area contributed by atoms with Gasteiger partial charge in [-0.3, -0.25) is 0 Å². The average molecular weight is 358 g/mol. The van der Waals surface area contributed by atoms with E-state index in [-0.39, 0.29) is 0 Å². The summed E-state index contributed by atoms with van der Waals surface area (Å²) in [6, 6.07) is 6.51. The van der Waals surface area contributed by atoms with Gasteiger partial charge in [0.25, 0.3) is 5.08 Å². The molecule has 5 nitrogen and oxygen atoms in total. The quantitative estimate of drug-likeness (QED) is 0.649. The van der Waals surface area contributed by atoms with Gasteiger partial charge in [-0.15, -0.1) is 0 Å². The summed E-state index contributed by atoms with van der Waals surface area (Å²) in [5, 5.41) is 17.3. The third kappa shape index (κ3) is 3.01. The van der Waals surface area contributed by atoms with Crippen LogP contribution in [-0.4, -0.2) is 27.9 Å². The molecule has 1 aromatic rings. The van der Waals surface area contributed by atoms with E-state index in [1.165, 1.54) is 6.07 Å². The summed E-state index contributed by atoms with van der Waals surface area (Å²) in [7, 11) is 0. The van der Waals surface area contributed by atoms with Crippen molar-refractivity contribution < 1.29 is 23.8 Å². The van der Waals surface area contributed by atoms with E-state index in [1.54, 1.807) is 26.0 Å². The maximum Gasteiger partial charge on any atom is 0.352 e. The van der Waals surface area contributed by atoms with E-state index in [9.17, 15) is 14.3 Å². The molecule has 2 rings (SSSR count). The number of rotatable bonds is 2. The number of benzene rings is 1. The minimum atomic E-state index is -1.99. The lowest BCUT2D eigenvalue weighted by Gasteiger charge is -2.41. The molecule has 0 radical (unpaired) electrons. The van der Waals surface area contributed by atoms with Gasteiger partial charge in [-0.05, 0) is 48.0 Å². The number of ether oxygens (including phenoxy) is 2. The zero-order chi connectivity index (χ0) is 15.8. The molecule has 21 heavy (non-hydrogen) atoms. The third-order valence-corrected chi connectivity index (χ3v) is 3.61. The summed E-state index contributed by atoms with van der Waals surface area (Å²) in [4.78, 5) is 11.5. The first-order valence-corrected chi connectivity index (χ1v) is 7.07. The number of nitrogens with zero attached hydrogens (tertiary/aromatic N) is 1. The molecule has 1 aromatic carbocycles. The van der Waals surface area contributed by atoms with Gasteiger partial charge in [0, 0.05) is 5.56 Å². The molecular weight excluding hydrogens is 345 g/mol. The minimum absolute atomic E-state index is 0.320. The lowest BCUT2D eigenvalue weighted by Crippen LogP contribution is -2.50. The number of alkyl halides is 2. The molecule has 7 heteroatoms. The van der Waals surface area contributed by atoms with Crippen LogP contribution in [0.3, 0.4) is 0 Å². The molecule has 1 aliphatic heterocycles. The summed E-state index contributed by atoms with van der Waals surface area (Å²) in [6.45, 7) is 3.25. The summed E-state index contributed by atoms with van der Waals surface area (Å²) >= 11 is 2.48. The largest absolute Gasteiger partial charge is 0.485 e. The molecule has 0 aromatic heterocycles. The molecule has 0 aliphatic carbocycles. The van der Waals surface area contributed by atoms with Crippen molar-refractivity contribution in [3.63, 3.8) is 0 Å². The van der Waals surface area contributed by atoms with Crippen molar-refractivity contribution in [3.8, 4) is 11.8 Å². The molecule has 0 amide bonds. The zero-order valence-electron chi connectivity index (χ0n) is 11.3. The van der Waals surface area contributed by atoms with E-state index in [2.05, 4.69) is 15.9 Å². The fourth-order valence-electron chi connectivity index (χ4n) is 2.12. The Labute approximate surface area is 129 Å². The standard InChI is InChI=1S/C14H13BrFNO4/c1-14(2)11(18)10(20-13(19)12(15)16)8-5-7(6-17)3-4-9(8)21-14/h3-5,10-12,18H,1-2H3/t10-,11+,12-/m1/s1. The van der Waals surface area contributed by atoms with Gasteiger partial charge in [0.1, 0.15) is 17.5 Å². The van der Waals surface area contributed by atoms with Crippen LogP contribution in [0.1, 0.15) is 31.1 Å². The van der Waals surface area contributed by atoms with Crippen molar-refractivity contribution in [1.82, 2.24) is 0 Å². The van der Waals surface area contributed by atoms with E-state index < -0.39 is 28.9 Å². The Morgan fingerprint density at radius 1 is 1.62 bits per heavy atom. The van der Waals surface area contributed by atoms with Crippen LogP contribution in [0.4, 0.5) is 4.39 Å². The molecule has 0 fully saturated rings. The minimum Gasteiger partial charge on any atom is -0.485 e. The van der Waals surface area contributed by atoms with Crippen LogP contribution in [-0.2, 0) is 9.53 Å². The van der Waals surface area contributed by atoms with E-state index in [0.717, 1.165) is 0 Å². The predicted octanol–water partition coefficient (Wildman–Crippen LogP) is 2.36. The number of hydrogen-bond acceptors (Lipinski definition) is 5. The van der Waals surface area contributed by atoms with Crippen LogP contribution in [0.15, 0.2) is 18.2 Å². The molecule has 0 saturated carbocycles. The molecule has 0 saturated heterocycles. The molecule has 0 spiro atoms. The number of hydrogen-bond donors (Lipinski definition) is 1. The van der Waals surface area contributed by atoms with Crippen LogP contribution >= 0.6 is 15.9 Å². The van der Waals surface area contributed by atoms with E-state index in [0.29, 0.717) is 16.9 Å². The Kier molecular flexibility index (Phi) is 4.21. The molecular formula is C14H13BrFNO4. The Morgan fingerprint density at radius 2 is 2.29 bits per heavy atom. The summed E-state index contributed by atoms with van der Waals surface area (Å²) in [5.41, 5.74) is -0.368. The van der Waals surface area contributed by atoms with Crippen molar-refractivity contribution >= 4 is 21.9 Å². The maximum absolute atomic E-state index is 13.0. The molecule has 1 aliphatic rings. The molecule has 112 valence electrons. The Bertz CT molecular complexity index is 611. The van der Waals surface area contributed by atoms with Crippen LogP contribution in [0.25, 0.3) is 0 Å². The monoisotopic (exact) mass is 357 g/mol. The second-order valence-corrected chi connectivity index (χ2v) is 5.98. The first-order valence-electron chi connectivity index (χ1n) is 6.16. The highest BCUT2D eigenvalue weighted by Gasteiger charge is 2.45. The van der Waals surface area contributed by atoms with Gasteiger partial charge >= 0.3 is 5.97 Å². The highest BCUT2D eigenvalue weighted by molar-refractivity contribution is 9.09. The van der Waals surface area contributed by atoms with Gasteiger partial charge in [-0.25, -0.2) is 9.18 Å². The van der Waals surface area contributed by atoms with Gasteiger partial charge in [0.15, 0.2) is 6.10 Å². The molecule has 1 N–H and O–H groups in total. The second-order valence-electron chi connectivity index (χ2n) is 5.17. The Morgan fingerprint density at radius 3 is 2.86 bits per heavy atom. The summed E-state index contributed by atoms with van der Waals surface area (Å²) in [5.74, 6) is -0.767. The zero-order valence-corrected chi connectivity index (χ0v) is 12.9. The van der Waals surface area contributed by atoms with Crippen molar-refractivity contribution in [1.29, 1.82) is 5.26 Å². The van der Waals surface area contributed by atoms with Crippen molar-refractivity contribution in [3.05, 3.63) is 29.3 Å². The summed E-state index contributed by atoms with van der Waals surface area (Å²) in [6.07, 6.45) is -2.31. The topological polar surface area (TPSA) is 79.5 Å². The van der Waals surface area contributed by atoms with Crippen molar-refractivity contribution in [2.45, 2.75) is 36.7 Å². The number of fused-ring (bicyclic) bond motifs is 1. The molecule has 0 unspecified atom stereocenters. The number of aliphatic hydroxyl groups is 1. The lowest BCUT2D eigenvalue weighted by molar-refractivity contribution is -0.172. The fourth-order valence-corrected chi connectivity index (χ4v) is 2.22. The van der Waals surface area contributed by atoms with Gasteiger partial charge in [-0.1, -0.05) is 0 Å². The fraction of sp³-hybridized carbons (Fsp3) is 0.429. The average Bonchev–Trinajstić information content (AvgIpc) is 2.42. The Balaban J connectivity index is 2.46. The van der Waals surface area contributed by atoms with Crippen molar-refractivity contribution in [2.24, 2.45) is 0 Å². The first kappa shape index (κ1) is 15.7. The normalized spacial score (nSPS) is 24.2. The van der Waals surface area contributed by atoms with Crippen molar-refractivity contribution in [2.75, 3.05) is 0 Å². The van der Waals surface area contributed by atoms with Gasteiger partial charge < -0.3 is 14.6 Å². The number of esters is 1. The van der Waals surface area contributed by atoms with E-state index >= 15 is 0 Å². The number of carbonyl (C=O) groups is 1. The third-order valence-electron chi connectivity index (χ3n) is 3.24. The van der Waals surface area contributed by atoms with E-state index in [4.69, 9.17) is 14.7 Å². The second kappa shape index (κ2) is 5.62. The molecule has 0 bridgehead atoms.